The van der Waals surface area contributed by atoms with Crippen LogP contribution in [0.15, 0.2) is 18.2 Å². The molecular formula is C14H17FN2O. The lowest BCUT2D eigenvalue weighted by atomic mass is 9.93. The van der Waals surface area contributed by atoms with Crippen LogP contribution in [0, 0.1) is 12.4 Å². The van der Waals surface area contributed by atoms with Gasteiger partial charge in [-0.15, -0.1) is 0 Å². The maximum atomic E-state index is 13.9. The molecule has 2 rings (SSSR count). The SMILES string of the molecule is [C-]#[N+]c1ccc(N2CCC(C)(OC)CC2)c(F)c1. The lowest BCUT2D eigenvalue weighted by Gasteiger charge is -2.39. The second kappa shape index (κ2) is 4.95. The summed E-state index contributed by atoms with van der Waals surface area (Å²) in [7, 11) is 1.72. The summed E-state index contributed by atoms with van der Waals surface area (Å²) in [4.78, 5) is 5.24. The molecule has 0 saturated carbocycles. The molecule has 1 aliphatic heterocycles. The minimum Gasteiger partial charge on any atom is -0.378 e. The number of halogens is 1. The van der Waals surface area contributed by atoms with Crippen LogP contribution >= 0.6 is 0 Å². The fourth-order valence-electron chi connectivity index (χ4n) is 2.25. The van der Waals surface area contributed by atoms with E-state index in [0.29, 0.717) is 11.4 Å². The summed E-state index contributed by atoms with van der Waals surface area (Å²) >= 11 is 0. The highest BCUT2D eigenvalue weighted by Gasteiger charge is 2.30. The van der Waals surface area contributed by atoms with Crippen molar-refractivity contribution in [3.05, 3.63) is 35.4 Å². The van der Waals surface area contributed by atoms with Crippen molar-refractivity contribution < 1.29 is 9.13 Å². The minimum atomic E-state index is -0.315. The lowest BCUT2D eigenvalue weighted by molar-refractivity contribution is -0.0133. The van der Waals surface area contributed by atoms with Crippen molar-refractivity contribution in [2.24, 2.45) is 0 Å². The Morgan fingerprint density at radius 3 is 2.56 bits per heavy atom. The van der Waals surface area contributed by atoms with E-state index in [0.717, 1.165) is 25.9 Å². The van der Waals surface area contributed by atoms with Crippen molar-refractivity contribution in [2.75, 3.05) is 25.1 Å². The topological polar surface area (TPSA) is 16.8 Å². The molecule has 3 nitrogen and oxygen atoms in total. The summed E-state index contributed by atoms with van der Waals surface area (Å²) in [5.41, 5.74) is 0.833. The second-order valence-corrected chi connectivity index (χ2v) is 4.89. The molecule has 4 heteroatoms. The molecule has 96 valence electrons. The Balaban J connectivity index is 2.13. The molecule has 0 radical (unpaired) electrons. The van der Waals surface area contributed by atoms with Crippen molar-refractivity contribution in [3.8, 4) is 0 Å². The normalized spacial score (nSPS) is 18.4. The average Bonchev–Trinajstić information content (AvgIpc) is 2.40. The van der Waals surface area contributed by atoms with E-state index < -0.39 is 0 Å². The molecule has 1 aromatic carbocycles. The zero-order valence-corrected chi connectivity index (χ0v) is 10.7. The predicted octanol–water partition coefficient (Wildman–Crippen LogP) is 3.38. The van der Waals surface area contributed by atoms with E-state index in [1.54, 1.807) is 19.2 Å². The number of ether oxygens (including phenoxy) is 1. The van der Waals surface area contributed by atoms with Crippen molar-refractivity contribution in [1.82, 2.24) is 0 Å². The van der Waals surface area contributed by atoms with Gasteiger partial charge in [0.2, 0.25) is 0 Å². The minimum absolute atomic E-state index is 0.0938. The van der Waals surface area contributed by atoms with Gasteiger partial charge in [0.1, 0.15) is 5.82 Å². The van der Waals surface area contributed by atoms with E-state index in [4.69, 9.17) is 11.3 Å². The van der Waals surface area contributed by atoms with E-state index >= 15 is 0 Å². The number of hydrogen-bond donors (Lipinski definition) is 0. The second-order valence-electron chi connectivity index (χ2n) is 4.89. The molecular weight excluding hydrogens is 231 g/mol. The zero-order chi connectivity index (χ0) is 13.2. The molecule has 1 saturated heterocycles. The molecule has 0 bridgehead atoms. The standard InChI is InChI=1S/C14H17FN2O/c1-14(18-3)6-8-17(9-7-14)13-5-4-11(16-2)10-12(13)15/h4-5,10H,6-9H2,1,3H3. The van der Waals surface area contributed by atoms with E-state index in [1.807, 2.05) is 4.90 Å². The molecule has 1 aromatic rings. The Bertz CT molecular complexity index is 473. The first-order valence-electron chi connectivity index (χ1n) is 6.05. The highest BCUT2D eigenvalue weighted by atomic mass is 19.1. The van der Waals surface area contributed by atoms with Crippen molar-refractivity contribution in [2.45, 2.75) is 25.4 Å². The van der Waals surface area contributed by atoms with Gasteiger partial charge in [-0.25, -0.2) is 9.24 Å². The molecule has 0 atom stereocenters. The van der Waals surface area contributed by atoms with Crippen LogP contribution in [-0.4, -0.2) is 25.8 Å². The summed E-state index contributed by atoms with van der Waals surface area (Å²) in [6, 6.07) is 4.65. The van der Waals surface area contributed by atoms with E-state index in [9.17, 15) is 4.39 Å². The van der Waals surface area contributed by atoms with Gasteiger partial charge in [-0.05, 0) is 31.9 Å². The molecule has 0 N–H and O–H groups in total. The van der Waals surface area contributed by atoms with Crippen molar-refractivity contribution in [3.63, 3.8) is 0 Å². The van der Waals surface area contributed by atoms with Crippen LogP contribution < -0.4 is 4.90 Å². The summed E-state index contributed by atoms with van der Waals surface area (Å²) < 4.78 is 19.3. The first-order valence-corrected chi connectivity index (χ1v) is 6.05. The van der Waals surface area contributed by atoms with Crippen LogP contribution in [0.3, 0.4) is 0 Å². The molecule has 0 unspecified atom stereocenters. The van der Waals surface area contributed by atoms with E-state index in [-0.39, 0.29) is 11.4 Å². The number of nitrogens with zero attached hydrogens (tertiary/aromatic N) is 2. The quantitative estimate of drug-likeness (QED) is 0.746. The Morgan fingerprint density at radius 2 is 2.06 bits per heavy atom. The molecule has 0 aliphatic carbocycles. The van der Waals surface area contributed by atoms with Gasteiger partial charge in [0, 0.05) is 20.2 Å². The molecule has 18 heavy (non-hydrogen) atoms. The fraction of sp³-hybridized carbons (Fsp3) is 0.500. The van der Waals surface area contributed by atoms with Gasteiger partial charge in [0.25, 0.3) is 0 Å². The van der Waals surface area contributed by atoms with Crippen LogP contribution in [0.4, 0.5) is 15.8 Å². The van der Waals surface area contributed by atoms with Crippen molar-refractivity contribution in [1.29, 1.82) is 0 Å². The summed E-state index contributed by atoms with van der Waals surface area (Å²) in [6.07, 6.45) is 1.76. The third kappa shape index (κ3) is 2.46. The van der Waals surface area contributed by atoms with Crippen molar-refractivity contribution >= 4 is 11.4 Å². The van der Waals surface area contributed by atoms with Crippen LogP contribution in [0.25, 0.3) is 4.85 Å². The first-order chi connectivity index (χ1) is 8.58. The van der Waals surface area contributed by atoms with Gasteiger partial charge >= 0.3 is 0 Å². The Labute approximate surface area is 107 Å². The van der Waals surface area contributed by atoms with Gasteiger partial charge in [0.05, 0.1) is 17.9 Å². The molecule has 1 fully saturated rings. The lowest BCUT2D eigenvalue weighted by Crippen LogP contribution is -2.44. The maximum absolute atomic E-state index is 13.9. The van der Waals surface area contributed by atoms with Gasteiger partial charge in [-0.2, -0.15) is 0 Å². The summed E-state index contributed by atoms with van der Waals surface area (Å²) in [5.74, 6) is -0.315. The fourth-order valence-corrected chi connectivity index (χ4v) is 2.25. The first kappa shape index (κ1) is 12.8. The third-order valence-corrected chi connectivity index (χ3v) is 3.71. The van der Waals surface area contributed by atoms with Crippen LogP contribution in [0.1, 0.15) is 19.8 Å². The smallest absolute Gasteiger partial charge is 0.190 e. The van der Waals surface area contributed by atoms with Crippen LogP contribution in [-0.2, 0) is 4.74 Å². The highest BCUT2D eigenvalue weighted by molar-refractivity contribution is 5.57. The van der Waals surface area contributed by atoms with Gasteiger partial charge < -0.3 is 9.64 Å². The van der Waals surface area contributed by atoms with E-state index in [1.165, 1.54) is 6.07 Å². The number of piperidine rings is 1. The zero-order valence-electron chi connectivity index (χ0n) is 10.7. The van der Waals surface area contributed by atoms with Gasteiger partial charge in [0.15, 0.2) is 5.69 Å². The number of hydrogen-bond acceptors (Lipinski definition) is 2. The highest BCUT2D eigenvalue weighted by Crippen LogP contribution is 2.31. The van der Waals surface area contributed by atoms with E-state index in [2.05, 4.69) is 11.8 Å². The van der Waals surface area contributed by atoms with Gasteiger partial charge in [-0.3, -0.25) is 0 Å². The molecule has 0 aromatic heterocycles. The Morgan fingerprint density at radius 1 is 1.39 bits per heavy atom. The molecule has 1 heterocycles. The van der Waals surface area contributed by atoms with Crippen LogP contribution in [0.2, 0.25) is 0 Å². The maximum Gasteiger partial charge on any atom is 0.190 e. The Hall–Kier alpha value is -1.60. The average molecular weight is 248 g/mol. The van der Waals surface area contributed by atoms with Crippen LogP contribution in [0.5, 0.6) is 0 Å². The number of anilines is 1. The number of rotatable bonds is 2. The Kier molecular flexibility index (Phi) is 3.53. The predicted molar refractivity (Wildman–Crippen MR) is 69.5 cm³/mol. The summed E-state index contributed by atoms with van der Waals surface area (Å²) in [6.45, 7) is 10.5. The molecule has 0 amide bonds. The number of methoxy groups -OCH3 is 1. The summed E-state index contributed by atoms with van der Waals surface area (Å²) in [5, 5.41) is 0. The molecule has 0 spiro atoms. The largest absolute Gasteiger partial charge is 0.378 e. The third-order valence-electron chi connectivity index (χ3n) is 3.71. The number of benzene rings is 1. The molecule has 1 aliphatic rings. The monoisotopic (exact) mass is 248 g/mol. The van der Waals surface area contributed by atoms with Gasteiger partial charge in [-0.1, -0.05) is 6.07 Å².